The first-order valence-electron chi connectivity index (χ1n) is 10.4. The Balaban J connectivity index is 1.92. The van der Waals surface area contributed by atoms with Crippen molar-refractivity contribution in [3.05, 3.63) is 28.8 Å². The van der Waals surface area contributed by atoms with E-state index >= 15 is 0 Å². The third-order valence-electron chi connectivity index (χ3n) is 5.12. The first kappa shape index (κ1) is 24.0. The van der Waals surface area contributed by atoms with Crippen LogP contribution in [0.15, 0.2) is 18.2 Å². The van der Waals surface area contributed by atoms with E-state index in [0.717, 1.165) is 18.7 Å². The van der Waals surface area contributed by atoms with Gasteiger partial charge in [-0.25, -0.2) is 0 Å². The number of ether oxygens (including phenoxy) is 2. The fourth-order valence-corrected chi connectivity index (χ4v) is 3.66. The van der Waals surface area contributed by atoms with E-state index in [4.69, 9.17) is 21.1 Å². The average Bonchev–Trinajstić information content (AvgIpc) is 2.75. The van der Waals surface area contributed by atoms with Crippen LogP contribution in [0.3, 0.4) is 0 Å². The molecule has 1 saturated heterocycles. The van der Waals surface area contributed by atoms with Gasteiger partial charge in [0.2, 0.25) is 11.8 Å². The van der Waals surface area contributed by atoms with Gasteiger partial charge in [-0.3, -0.25) is 14.5 Å². The van der Waals surface area contributed by atoms with Gasteiger partial charge in [0.15, 0.2) is 11.5 Å². The van der Waals surface area contributed by atoms with Crippen molar-refractivity contribution in [2.75, 3.05) is 59.5 Å². The first-order valence-corrected chi connectivity index (χ1v) is 10.8. The van der Waals surface area contributed by atoms with Crippen LogP contribution < -0.4 is 9.47 Å². The number of benzene rings is 1. The summed E-state index contributed by atoms with van der Waals surface area (Å²) in [7, 11) is 1.55. The predicted molar refractivity (Wildman–Crippen MR) is 119 cm³/mol. The molecule has 1 aliphatic rings. The Morgan fingerprint density at radius 1 is 1.13 bits per heavy atom. The molecule has 0 unspecified atom stereocenters. The normalized spacial score (nSPS) is 14.8. The lowest BCUT2D eigenvalue weighted by atomic mass is 10.1. The van der Waals surface area contributed by atoms with E-state index in [1.54, 1.807) is 36.3 Å². The van der Waals surface area contributed by atoms with Crippen LogP contribution in [0.2, 0.25) is 5.02 Å². The van der Waals surface area contributed by atoms with Gasteiger partial charge >= 0.3 is 0 Å². The molecule has 0 N–H and O–H groups in total. The highest BCUT2D eigenvalue weighted by atomic mass is 35.5. The summed E-state index contributed by atoms with van der Waals surface area (Å²) < 4.78 is 10.9. The number of likely N-dealkylation sites (N-methyl/N-ethyl adjacent to an activating group) is 1. The Morgan fingerprint density at radius 3 is 2.37 bits per heavy atom. The van der Waals surface area contributed by atoms with E-state index in [0.29, 0.717) is 55.9 Å². The van der Waals surface area contributed by atoms with Crippen LogP contribution in [0.25, 0.3) is 6.08 Å². The largest absolute Gasteiger partial charge is 0.493 e. The zero-order chi connectivity index (χ0) is 22.1. The maximum Gasteiger partial charge on any atom is 0.246 e. The Labute approximate surface area is 184 Å². The van der Waals surface area contributed by atoms with E-state index in [9.17, 15) is 9.59 Å². The Bertz CT molecular complexity index is 757. The molecule has 0 bridgehead atoms. The fourth-order valence-electron chi connectivity index (χ4n) is 3.39. The predicted octanol–water partition coefficient (Wildman–Crippen LogP) is 2.77. The van der Waals surface area contributed by atoms with E-state index in [1.165, 1.54) is 0 Å². The molecule has 1 heterocycles. The molecule has 0 aliphatic carbocycles. The summed E-state index contributed by atoms with van der Waals surface area (Å²) in [5.41, 5.74) is 0.761. The summed E-state index contributed by atoms with van der Waals surface area (Å²) >= 11 is 6.29. The van der Waals surface area contributed by atoms with Crippen molar-refractivity contribution in [1.29, 1.82) is 0 Å². The van der Waals surface area contributed by atoms with Crippen LogP contribution >= 0.6 is 11.6 Å². The van der Waals surface area contributed by atoms with Crippen LogP contribution in [0, 0.1) is 0 Å². The minimum absolute atomic E-state index is 0.0614. The van der Waals surface area contributed by atoms with Gasteiger partial charge in [-0.2, -0.15) is 0 Å². The minimum Gasteiger partial charge on any atom is -0.493 e. The lowest BCUT2D eigenvalue weighted by molar-refractivity contribution is -0.133. The van der Waals surface area contributed by atoms with Crippen LogP contribution in [-0.4, -0.2) is 86.0 Å². The van der Waals surface area contributed by atoms with Gasteiger partial charge in [0.25, 0.3) is 0 Å². The molecule has 7 nitrogen and oxygen atoms in total. The highest BCUT2D eigenvalue weighted by Gasteiger charge is 2.22. The van der Waals surface area contributed by atoms with Gasteiger partial charge in [-0.15, -0.1) is 0 Å². The fraction of sp³-hybridized carbons (Fsp3) is 0.545. The topological polar surface area (TPSA) is 62.3 Å². The van der Waals surface area contributed by atoms with Crippen molar-refractivity contribution < 1.29 is 19.1 Å². The molecule has 8 heteroatoms. The first-order chi connectivity index (χ1) is 14.4. The molecular weight excluding hydrogens is 406 g/mol. The van der Waals surface area contributed by atoms with Gasteiger partial charge in [0, 0.05) is 45.3 Å². The molecule has 0 radical (unpaired) electrons. The van der Waals surface area contributed by atoms with Crippen molar-refractivity contribution >= 4 is 29.5 Å². The number of hydrogen-bond donors (Lipinski definition) is 0. The summed E-state index contributed by atoms with van der Waals surface area (Å²) in [6, 6.07) is 3.53. The standard InChI is InChI=1S/C22H32ClN3O4/c1-5-25(6-2)21(28)16-24-10-12-26(13-11-24)20(27)9-8-17-14-18(23)22(30-7-3)19(15-17)29-4/h8-9,14-15H,5-7,10-13,16H2,1-4H3/b9-8+. The van der Waals surface area contributed by atoms with Crippen molar-refractivity contribution in [3.63, 3.8) is 0 Å². The summed E-state index contributed by atoms with van der Waals surface area (Å²) in [5, 5.41) is 0.440. The van der Waals surface area contributed by atoms with Crippen molar-refractivity contribution in [2.45, 2.75) is 20.8 Å². The third kappa shape index (κ3) is 6.37. The SMILES string of the molecule is CCOc1c(Cl)cc(/C=C/C(=O)N2CCN(CC(=O)N(CC)CC)CC2)cc1OC. The molecule has 0 aromatic heterocycles. The van der Waals surface area contributed by atoms with Gasteiger partial charge in [-0.05, 0) is 44.5 Å². The van der Waals surface area contributed by atoms with Gasteiger partial charge < -0.3 is 19.3 Å². The van der Waals surface area contributed by atoms with Crippen LogP contribution in [0.1, 0.15) is 26.3 Å². The molecule has 166 valence electrons. The second-order valence-corrected chi connectivity index (χ2v) is 7.38. The second-order valence-electron chi connectivity index (χ2n) is 6.97. The molecule has 1 fully saturated rings. The van der Waals surface area contributed by atoms with E-state index in [1.807, 2.05) is 25.7 Å². The lowest BCUT2D eigenvalue weighted by Gasteiger charge is -2.34. The van der Waals surface area contributed by atoms with Crippen LogP contribution in [-0.2, 0) is 9.59 Å². The second kappa shape index (κ2) is 11.8. The molecule has 0 saturated carbocycles. The number of methoxy groups -OCH3 is 1. The van der Waals surface area contributed by atoms with Crippen molar-refractivity contribution in [3.8, 4) is 11.5 Å². The molecular formula is C22H32ClN3O4. The molecule has 1 aromatic carbocycles. The number of hydrogen-bond acceptors (Lipinski definition) is 5. The van der Waals surface area contributed by atoms with Crippen LogP contribution in [0.4, 0.5) is 0 Å². The Kier molecular flexibility index (Phi) is 9.46. The molecule has 2 rings (SSSR count). The molecule has 30 heavy (non-hydrogen) atoms. The van der Waals surface area contributed by atoms with Crippen molar-refractivity contribution in [1.82, 2.24) is 14.7 Å². The molecule has 0 spiro atoms. The minimum atomic E-state index is -0.0614. The van der Waals surface area contributed by atoms with E-state index in [2.05, 4.69) is 4.90 Å². The lowest BCUT2D eigenvalue weighted by Crippen LogP contribution is -2.51. The summed E-state index contributed by atoms with van der Waals surface area (Å²) in [4.78, 5) is 30.5. The Morgan fingerprint density at radius 2 is 1.80 bits per heavy atom. The monoisotopic (exact) mass is 437 g/mol. The number of amides is 2. The smallest absolute Gasteiger partial charge is 0.246 e. The molecule has 2 amide bonds. The highest BCUT2D eigenvalue weighted by molar-refractivity contribution is 6.32. The molecule has 1 aliphatic heterocycles. The summed E-state index contributed by atoms with van der Waals surface area (Å²) in [5.74, 6) is 1.11. The van der Waals surface area contributed by atoms with Gasteiger partial charge in [0.05, 0.1) is 25.3 Å². The zero-order valence-corrected chi connectivity index (χ0v) is 19.1. The number of piperazine rings is 1. The third-order valence-corrected chi connectivity index (χ3v) is 5.40. The van der Waals surface area contributed by atoms with Crippen LogP contribution in [0.5, 0.6) is 11.5 Å². The summed E-state index contributed by atoms with van der Waals surface area (Å²) in [6.07, 6.45) is 3.27. The average molecular weight is 438 g/mol. The number of rotatable bonds is 9. The zero-order valence-electron chi connectivity index (χ0n) is 18.3. The molecule has 0 atom stereocenters. The number of carbonyl (C=O) groups is 2. The highest BCUT2D eigenvalue weighted by Crippen LogP contribution is 2.36. The maximum absolute atomic E-state index is 12.6. The summed E-state index contributed by atoms with van der Waals surface area (Å²) in [6.45, 7) is 10.8. The number of nitrogens with zero attached hydrogens (tertiary/aromatic N) is 3. The number of halogens is 1. The van der Waals surface area contributed by atoms with Crippen molar-refractivity contribution in [2.24, 2.45) is 0 Å². The quantitative estimate of drug-likeness (QED) is 0.556. The number of carbonyl (C=O) groups excluding carboxylic acids is 2. The Hall–Kier alpha value is -2.25. The van der Waals surface area contributed by atoms with E-state index < -0.39 is 0 Å². The maximum atomic E-state index is 12.6. The molecule has 1 aromatic rings. The van der Waals surface area contributed by atoms with Gasteiger partial charge in [0.1, 0.15) is 0 Å². The van der Waals surface area contributed by atoms with E-state index in [-0.39, 0.29) is 11.8 Å². The van der Waals surface area contributed by atoms with Gasteiger partial charge in [-0.1, -0.05) is 11.6 Å².